The van der Waals surface area contributed by atoms with Crippen LogP contribution in [0.15, 0.2) is 63.7 Å². The van der Waals surface area contributed by atoms with Gasteiger partial charge in [0.2, 0.25) is 0 Å². The molecule has 0 amide bonds. The van der Waals surface area contributed by atoms with Gasteiger partial charge in [0, 0.05) is 15.4 Å². The first-order chi connectivity index (χ1) is 7.86. The zero-order valence-electron chi connectivity index (χ0n) is 8.48. The second-order valence-corrected chi connectivity index (χ2v) is 4.48. The highest BCUT2D eigenvalue weighted by Crippen LogP contribution is 2.35. The number of rotatable bonds is 1. The summed E-state index contributed by atoms with van der Waals surface area (Å²) in [6.45, 7) is 0. The summed E-state index contributed by atoms with van der Waals surface area (Å²) in [7, 11) is 0. The Balaban J connectivity index is 2.33. The molecule has 3 rings (SSSR count). The van der Waals surface area contributed by atoms with Crippen LogP contribution in [0.4, 0.5) is 0 Å². The maximum atomic E-state index is 5.55. The zero-order chi connectivity index (χ0) is 11.0. The molecule has 1 aromatic heterocycles. The van der Waals surface area contributed by atoms with E-state index in [-0.39, 0.29) is 0 Å². The third kappa shape index (κ3) is 1.46. The van der Waals surface area contributed by atoms with Crippen molar-refractivity contribution in [3.05, 3.63) is 59.3 Å². The summed E-state index contributed by atoms with van der Waals surface area (Å²) in [6, 6.07) is 16.2. The summed E-state index contributed by atoms with van der Waals surface area (Å²) >= 11 is 3.56. The summed E-state index contributed by atoms with van der Waals surface area (Å²) in [6.07, 6.45) is 1.81. The van der Waals surface area contributed by atoms with Crippen molar-refractivity contribution in [1.82, 2.24) is 0 Å². The normalized spacial score (nSPS) is 10.8. The summed E-state index contributed by atoms with van der Waals surface area (Å²) < 4.78 is 6.62. The number of halogens is 1. The van der Waals surface area contributed by atoms with Crippen molar-refractivity contribution in [2.45, 2.75) is 0 Å². The third-order valence-electron chi connectivity index (χ3n) is 2.63. The molecule has 2 aromatic carbocycles. The minimum Gasteiger partial charge on any atom is -0.464 e. The van der Waals surface area contributed by atoms with E-state index in [9.17, 15) is 0 Å². The molecule has 0 N–H and O–H groups in total. The average molecular weight is 273 g/mol. The van der Waals surface area contributed by atoms with Crippen molar-refractivity contribution in [2.24, 2.45) is 0 Å². The molecule has 0 spiro atoms. The number of fused-ring (bicyclic) bond motifs is 1. The van der Waals surface area contributed by atoms with Crippen LogP contribution in [0.1, 0.15) is 0 Å². The van der Waals surface area contributed by atoms with Crippen molar-refractivity contribution >= 4 is 26.9 Å². The van der Waals surface area contributed by atoms with Gasteiger partial charge in [-0.3, -0.25) is 0 Å². The van der Waals surface area contributed by atoms with Gasteiger partial charge in [-0.25, -0.2) is 0 Å². The van der Waals surface area contributed by atoms with Crippen LogP contribution in [0, 0.1) is 0 Å². The molecule has 0 saturated heterocycles. The fourth-order valence-electron chi connectivity index (χ4n) is 1.88. The zero-order valence-corrected chi connectivity index (χ0v) is 10.1. The Morgan fingerprint density at radius 2 is 1.69 bits per heavy atom. The standard InChI is InChI=1S/C14H9BrO/c15-12-7-4-8-13-14(12)11(9-16-13)10-5-2-1-3-6-10/h1-9H. The van der Waals surface area contributed by atoms with E-state index >= 15 is 0 Å². The Morgan fingerprint density at radius 1 is 0.875 bits per heavy atom. The average Bonchev–Trinajstić information content (AvgIpc) is 2.75. The maximum absolute atomic E-state index is 5.55. The van der Waals surface area contributed by atoms with Crippen molar-refractivity contribution in [1.29, 1.82) is 0 Å². The van der Waals surface area contributed by atoms with Crippen LogP contribution in [-0.4, -0.2) is 0 Å². The molecule has 0 aliphatic carbocycles. The lowest BCUT2D eigenvalue weighted by Gasteiger charge is -1.99. The molecule has 0 fully saturated rings. The first kappa shape index (κ1) is 9.67. The van der Waals surface area contributed by atoms with Gasteiger partial charge in [-0.05, 0) is 17.7 Å². The van der Waals surface area contributed by atoms with Crippen LogP contribution in [-0.2, 0) is 0 Å². The van der Waals surface area contributed by atoms with E-state index < -0.39 is 0 Å². The Kier molecular flexibility index (Phi) is 2.29. The number of furan rings is 1. The molecule has 0 unspecified atom stereocenters. The summed E-state index contributed by atoms with van der Waals surface area (Å²) in [4.78, 5) is 0. The predicted octanol–water partition coefficient (Wildman–Crippen LogP) is 4.86. The molecular formula is C14H9BrO. The largest absolute Gasteiger partial charge is 0.464 e. The fourth-order valence-corrected chi connectivity index (χ4v) is 2.44. The summed E-state index contributed by atoms with van der Waals surface area (Å²) in [5.74, 6) is 0. The van der Waals surface area contributed by atoms with Gasteiger partial charge in [0.25, 0.3) is 0 Å². The van der Waals surface area contributed by atoms with Crippen LogP contribution in [0.3, 0.4) is 0 Å². The molecule has 3 aromatic rings. The monoisotopic (exact) mass is 272 g/mol. The van der Waals surface area contributed by atoms with Gasteiger partial charge in [0.15, 0.2) is 0 Å². The van der Waals surface area contributed by atoms with Crippen molar-refractivity contribution in [3.63, 3.8) is 0 Å². The molecule has 0 bridgehead atoms. The Labute approximate surface area is 102 Å². The van der Waals surface area contributed by atoms with E-state index in [4.69, 9.17) is 4.42 Å². The van der Waals surface area contributed by atoms with Crippen LogP contribution in [0.25, 0.3) is 22.1 Å². The van der Waals surface area contributed by atoms with E-state index in [0.29, 0.717) is 0 Å². The fraction of sp³-hybridized carbons (Fsp3) is 0. The molecule has 0 atom stereocenters. The minimum atomic E-state index is 0.910. The van der Waals surface area contributed by atoms with Crippen LogP contribution in [0.5, 0.6) is 0 Å². The maximum Gasteiger partial charge on any atom is 0.135 e. The van der Waals surface area contributed by atoms with Gasteiger partial charge >= 0.3 is 0 Å². The molecule has 0 saturated carbocycles. The highest BCUT2D eigenvalue weighted by molar-refractivity contribution is 9.10. The molecule has 1 nitrogen and oxygen atoms in total. The number of hydrogen-bond donors (Lipinski definition) is 0. The lowest BCUT2D eigenvalue weighted by Crippen LogP contribution is -1.75. The van der Waals surface area contributed by atoms with Crippen molar-refractivity contribution in [2.75, 3.05) is 0 Å². The van der Waals surface area contributed by atoms with E-state index in [1.54, 1.807) is 0 Å². The minimum absolute atomic E-state index is 0.910. The highest BCUT2D eigenvalue weighted by atomic mass is 79.9. The Bertz CT molecular complexity index is 626. The second kappa shape index (κ2) is 3.80. The number of hydrogen-bond acceptors (Lipinski definition) is 1. The van der Waals surface area contributed by atoms with Gasteiger partial charge in [-0.2, -0.15) is 0 Å². The van der Waals surface area contributed by atoms with E-state index in [1.807, 2.05) is 42.7 Å². The van der Waals surface area contributed by atoms with Crippen molar-refractivity contribution in [3.8, 4) is 11.1 Å². The van der Waals surface area contributed by atoms with Gasteiger partial charge in [0.1, 0.15) is 5.58 Å². The van der Waals surface area contributed by atoms with Crippen molar-refractivity contribution < 1.29 is 4.42 Å². The van der Waals surface area contributed by atoms with Gasteiger partial charge < -0.3 is 4.42 Å². The summed E-state index contributed by atoms with van der Waals surface area (Å²) in [5.41, 5.74) is 3.21. The van der Waals surface area contributed by atoms with Crippen LogP contribution < -0.4 is 0 Å². The second-order valence-electron chi connectivity index (χ2n) is 3.63. The summed E-state index contributed by atoms with van der Waals surface area (Å²) in [5, 5.41) is 1.13. The molecule has 0 aliphatic heterocycles. The van der Waals surface area contributed by atoms with Crippen LogP contribution in [0.2, 0.25) is 0 Å². The first-order valence-corrected chi connectivity index (χ1v) is 5.87. The molecule has 1 heterocycles. The molecule has 0 aliphatic rings. The van der Waals surface area contributed by atoms with E-state index in [0.717, 1.165) is 21.0 Å². The quantitative estimate of drug-likeness (QED) is 0.617. The van der Waals surface area contributed by atoms with E-state index in [1.165, 1.54) is 5.56 Å². The molecule has 0 radical (unpaired) electrons. The Morgan fingerprint density at radius 3 is 2.50 bits per heavy atom. The smallest absolute Gasteiger partial charge is 0.135 e. The van der Waals surface area contributed by atoms with Gasteiger partial charge in [0.05, 0.1) is 6.26 Å². The van der Waals surface area contributed by atoms with E-state index in [2.05, 4.69) is 28.1 Å². The Hall–Kier alpha value is -1.54. The number of benzene rings is 2. The molecule has 16 heavy (non-hydrogen) atoms. The molecule has 78 valence electrons. The lowest BCUT2D eigenvalue weighted by molar-refractivity contribution is 0.617. The van der Waals surface area contributed by atoms with Gasteiger partial charge in [-0.15, -0.1) is 0 Å². The predicted molar refractivity (Wildman–Crippen MR) is 69.4 cm³/mol. The molecule has 2 heteroatoms. The van der Waals surface area contributed by atoms with Crippen LogP contribution >= 0.6 is 15.9 Å². The topological polar surface area (TPSA) is 13.1 Å². The highest BCUT2D eigenvalue weighted by Gasteiger charge is 2.09. The third-order valence-corrected chi connectivity index (χ3v) is 3.29. The first-order valence-electron chi connectivity index (χ1n) is 5.07. The SMILES string of the molecule is Brc1cccc2occ(-c3ccccc3)c12. The molecular weight excluding hydrogens is 264 g/mol. The van der Waals surface area contributed by atoms with Gasteiger partial charge in [-0.1, -0.05) is 52.3 Å². The lowest BCUT2D eigenvalue weighted by atomic mass is 10.1.